The molecular weight excluding hydrogens is 332 g/mol. The van der Waals surface area contributed by atoms with Gasteiger partial charge in [0.25, 0.3) is 0 Å². The molecule has 3 rings (SSSR count). The van der Waals surface area contributed by atoms with Crippen molar-refractivity contribution in [1.82, 2.24) is 0 Å². The van der Waals surface area contributed by atoms with Crippen LogP contribution in [0.1, 0.15) is 12.0 Å². The van der Waals surface area contributed by atoms with Gasteiger partial charge < -0.3 is 4.74 Å². The van der Waals surface area contributed by atoms with Crippen molar-refractivity contribution in [2.75, 3.05) is 12.0 Å². The van der Waals surface area contributed by atoms with E-state index < -0.39 is 29.1 Å². The van der Waals surface area contributed by atoms with Gasteiger partial charge in [0.05, 0.1) is 24.8 Å². The molecule has 0 radical (unpaired) electrons. The van der Waals surface area contributed by atoms with E-state index in [4.69, 9.17) is 4.74 Å². The Labute approximate surface area is 150 Å². The molecule has 1 fully saturated rings. The molecule has 0 bridgehead atoms. The molecule has 130 valence electrons. The summed E-state index contributed by atoms with van der Waals surface area (Å²) in [5.74, 6) is -3.05. The Balaban J connectivity index is 2.12. The van der Waals surface area contributed by atoms with Crippen molar-refractivity contribution in [3.63, 3.8) is 0 Å². The number of nitriles is 1. The summed E-state index contributed by atoms with van der Waals surface area (Å²) in [6, 6.07) is 18.7. The number of carbonyl (C=O) groups excluding carboxylic acids is 3. The average Bonchev–Trinajstić information content (AvgIpc) is 2.98. The molecule has 2 aromatic carbocycles. The van der Waals surface area contributed by atoms with E-state index in [0.29, 0.717) is 11.3 Å². The third-order valence-electron chi connectivity index (χ3n) is 4.60. The lowest BCUT2D eigenvalue weighted by Crippen LogP contribution is -2.46. The minimum Gasteiger partial charge on any atom is -0.468 e. The van der Waals surface area contributed by atoms with Crippen LogP contribution in [0.15, 0.2) is 60.7 Å². The topological polar surface area (TPSA) is 87.5 Å². The number of para-hydroxylation sites is 1. The number of methoxy groups -OCH3 is 1. The number of hydrogen-bond donors (Lipinski definition) is 0. The Morgan fingerprint density at radius 1 is 1.12 bits per heavy atom. The number of hydrogen-bond acceptors (Lipinski definition) is 5. The van der Waals surface area contributed by atoms with Crippen molar-refractivity contribution >= 4 is 23.5 Å². The standard InChI is InChI=1S/C20H16N2O4/c1-26-19(25)20(13-21,14-8-4-2-5-9-14)16-12-17(23)22(18(16)24)15-10-6-3-7-11-15/h2-11,16H,12H2,1H3/t16-,20+/m1/s1. The van der Waals surface area contributed by atoms with Gasteiger partial charge in [0.1, 0.15) is 0 Å². The largest absolute Gasteiger partial charge is 0.468 e. The maximum atomic E-state index is 13.1. The summed E-state index contributed by atoms with van der Waals surface area (Å²) in [5, 5.41) is 9.92. The van der Waals surface area contributed by atoms with Gasteiger partial charge in [0.2, 0.25) is 11.8 Å². The number of rotatable bonds is 4. The van der Waals surface area contributed by atoms with Crippen LogP contribution in [0.5, 0.6) is 0 Å². The van der Waals surface area contributed by atoms with Crippen LogP contribution in [-0.4, -0.2) is 24.9 Å². The van der Waals surface area contributed by atoms with Crippen molar-refractivity contribution in [2.45, 2.75) is 11.8 Å². The van der Waals surface area contributed by atoms with E-state index in [-0.39, 0.29) is 6.42 Å². The molecule has 0 aliphatic carbocycles. The molecule has 1 aliphatic heterocycles. The van der Waals surface area contributed by atoms with Crippen LogP contribution in [0, 0.1) is 17.2 Å². The molecule has 0 unspecified atom stereocenters. The normalized spacial score (nSPS) is 18.9. The van der Waals surface area contributed by atoms with Gasteiger partial charge in [-0.25, -0.2) is 4.79 Å². The zero-order valence-corrected chi connectivity index (χ0v) is 14.1. The predicted molar refractivity (Wildman–Crippen MR) is 92.8 cm³/mol. The van der Waals surface area contributed by atoms with Gasteiger partial charge in [-0.1, -0.05) is 48.5 Å². The molecule has 1 heterocycles. The highest BCUT2D eigenvalue weighted by atomic mass is 16.5. The predicted octanol–water partition coefficient (Wildman–Crippen LogP) is 2.20. The Bertz CT molecular complexity index is 889. The highest BCUT2D eigenvalue weighted by Gasteiger charge is 2.58. The molecule has 6 nitrogen and oxygen atoms in total. The lowest BCUT2D eigenvalue weighted by atomic mass is 9.70. The molecule has 2 amide bonds. The Morgan fingerprint density at radius 3 is 2.23 bits per heavy atom. The molecule has 26 heavy (non-hydrogen) atoms. The third kappa shape index (κ3) is 2.54. The van der Waals surface area contributed by atoms with Gasteiger partial charge in [-0.15, -0.1) is 0 Å². The summed E-state index contributed by atoms with van der Waals surface area (Å²) in [6.45, 7) is 0. The van der Waals surface area contributed by atoms with Crippen LogP contribution >= 0.6 is 0 Å². The highest BCUT2D eigenvalue weighted by Crippen LogP contribution is 2.41. The molecule has 2 aromatic rings. The molecule has 1 saturated heterocycles. The van der Waals surface area contributed by atoms with Crippen molar-refractivity contribution in [3.05, 3.63) is 66.2 Å². The summed E-state index contributed by atoms with van der Waals surface area (Å²) in [6.07, 6.45) is -0.245. The minimum absolute atomic E-state index is 0.245. The SMILES string of the molecule is COC(=O)[C@@](C#N)(c1ccccc1)[C@@H]1CC(=O)N(c2ccccc2)C1=O. The second kappa shape index (κ2) is 6.81. The van der Waals surface area contributed by atoms with Gasteiger partial charge in [-0.05, 0) is 17.7 Å². The molecule has 0 aromatic heterocycles. The number of benzene rings is 2. The van der Waals surface area contributed by atoms with E-state index in [1.807, 2.05) is 6.07 Å². The zero-order chi connectivity index (χ0) is 18.7. The second-order valence-electron chi connectivity index (χ2n) is 5.94. The van der Waals surface area contributed by atoms with Crippen molar-refractivity contribution in [2.24, 2.45) is 5.92 Å². The molecule has 0 saturated carbocycles. The van der Waals surface area contributed by atoms with Crippen LogP contribution in [-0.2, 0) is 24.5 Å². The molecule has 0 N–H and O–H groups in total. The second-order valence-corrected chi connectivity index (χ2v) is 5.94. The average molecular weight is 348 g/mol. The number of carbonyl (C=O) groups is 3. The summed E-state index contributed by atoms with van der Waals surface area (Å²) in [4.78, 5) is 39.3. The lowest BCUT2D eigenvalue weighted by molar-refractivity contribution is -0.149. The fourth-order valence-electron chi connectivity index (χ4n) is 3.33. The van der Waals surface area contributed by atoms with Crippen molar-refractivity contribution in [1.29, 1.82) is 5.26 Å². The summed E-state index contributed by atoms with van der Waals surface area (Å²) in [7, 11) is 1.16. The number of esters is 1. The number of anilines is 1. The highest BCUT2D eigenvalue weighted by molar-refractivity contribution is 6.22. The van der Waals surface area contributed by atoms with Gasteiger partial charge in [0.15, 0.2) is 5.41 Å². The quantitative estimate of drug-likeness (QED) is 0.624. The summed E-state index contributed by atoms with van der Waals surface area (Å²) in [5.41, 5.74) is -1.14. The van der Waals surface area contributed by atoms with Crippen LogP contribution in [0.4, 0.5) is 5.69 Å². The molecule has 0 spiro atoms. The van der Waals surface area contributed by atoms with Gasteiger partial charge in [-0.2, -0.15) is 5.26 Å². The van der Waals surface area contributed by atoms with Crippen LogP contribution in [0.2, 0.25) is 0 Å². The maximum absolute atomic E-state index is 13.1. The number of nitrogens with zero attached hydrogens (tertiary/aromatic N) is 2. The maximum Gasteiger partial charge on any atom is 0.331 e. The van der Waals surface area contributed by atoms with Gasteiger partial charge in [0, 0.05) is 6.42 Å². The fraction of sp³-hybridized carbons (Fsp3) is 0.200. The zero-order valence-electron chi connectivity index (χ0n) is 14.1. The first-order chi connectivity index (χ1) is 12.6. The smallest absolute Gasteiger partial charge is 0.331 e. The Morgan fingerprint density at radius 2 is 1.69 bits per heavy atom. The van der Waals surface area contributed by atoms with Crippen LogP contribution in [0.3, 0.4) is 0 Å². The monoisotopic (exact) mass is 348 g/mol. The first-order valence-corrected chi connectivity index (χ1v) is 8.03. The summed E-state index contributed by atoms with van der Waals surface area (Å²) < 4.78 is 4.85. The Hall–Kier alpha value is -3.46. The van der Waals surface area contributed by atoms with Crippen molar-refractivity contribution in [3.8, 4) is 6.07 Å². The van der Waals surface area contributed by atoms with E-state index in [1.54, 1.807) is 60.7 Å². The number of ether oxygens (including phenoxy) is 1. The number of amides is 2. The van der Waals surface area contributed by atoms with E-state index in [1.165, 1.54) is 0 Å². The van der Waals surface area contributed by atoms with Gasteiger partial charge in [-0.3, -0.25) is 14.5 Å². The molecular formula is C20H16N2O4. The first kappa shape index (κ1) is 17.4. The lowest BCUT2D eigenvalue weighted by Gasteiger charge is -2.28. The van der Waals surface area contributed by atoms with E-state index in [0.717, 1.165) is 12.0 Å². The Kier molecular flexibility index (Phi) is 4.55. The van der Waals surface area contributed by atoms with Gasteiger partial charge >= 0.3 is 5.97 Å². The molecule has 1 aliphatic rings. The van der Waals surface area contributed by atoms with E-state index in [2.05, 4.69) is 0 Å². The molecule has 2 atom stereocenters. The fourth-order valence-corrected chi connectivity index (χ4v) is 3.33. The molecule has 6 heteroatoms. The van der Waals surface area contributed by atoms with Crippen molar-refractivity contribution < 1.29 is 19.1 Å². The van der Waals surface area contributed by atoms with E-state index in [9.17, 15) is 19.6 Å². The first-order valence-electron chi connectivity index (χ1n) is 8.03. The minimum atomic E-state index is -1.88. The van der Waals surface area contributed by atoms with Crippen LogP contribution in [0.25, 0.3) is 0 Å². The summed E-state index contributed by atoms with van der Waals surface area (Å²) >= 11 is 0. The van der Waals surface area contributed by atoms with E-state index >= 15 is 0 Å². The number of imide groups is 1. The van der Waals surface area contributed by atoms with Crippen LogP contribution < -0.4 is 4.90 Å². The third-order valence-corrected chi connectivity index (χ3v) is 4.60.